The molecular weight excluding hydrogens is 799 g/mol. The summed E-state index contributed by atoms with van der Waals surface area (Å²) in [6, 6.07) is 82.9. The van der Waals surface area contributed by atoms with Crippen LogP contribution in [-0.4, -0.2) is 0 Å². The molecule has 0 aliphatic carbocycles. The molecule has 0 saturated carbocycles. The van der Waals surface area contributed by atoms with E-state index in [1.54, 1.807) is 0 Å². The van der Waals surface area contributed by atoms with E-state index in [1.165, 1.54) is 112 Å². The standard InChI is InChI=1S/C60H37NS2/c1-2-11-39(12-3-1)51-18-9-19-54-55-20-10-21-56(60(55)63-59(51)54)61(45-29-25-40(26-30-45)48-17-8-14-38-13-4-5-15-47(38)48)46-31-34-50-44(36-46)24-23-43-35-41(27-32-49(43)50)42-28-33-53-52-16-6-7-22-57(52)62-58(53)37-42/h1-37H. The lowest BCUT2D eigenvalue weighted by molar-refractivity contribution is 1.31. The Morgan fingerprint density at radius 2 is 0.841 bits per heavy atom. The van der Waals surface area contributed by atoms with Gasteiger partial charge in [-0.2, -0.15) is 0 Å². The fourth-order valence-electron chi connectivity index (χ4n) is 9.80. The van der Waals surface area contributed by atoms with Gasteiger partial charge in [-0.25, -0.2) is 0 Å². The molecule has 0 atom stereocenters. The molecule has 0 spiro atoms. The van der Waals surface area contributed by atoms with Crippen molar-refractivity contribution in [2.45, 2.75) is 0 Å². The molecule has 2 heterocycles. The summed E-state index contributed by atoms with van der Waals surface area (Å²) in [6.45, 7) is 0. The summed E-state index contributed by atoms with van der Waals surface area (Å²) < 4.78 is 5.25. The van der Waals surface area contributed by atoms with E-state index in [9.17, 15) is 0 Å². The largest absolute Gasteiger partial charge is 0.309 e. The second-order valence-corrected chi connectivity index (χ2v) is 18.5. The summed E-state index contributed by atoms with van der Waals surface area (Å²) in [6.07, 6.45) is 0. The molecule has 0 fully saturated rings. The molecule has 0 aliphatic heterocycles. The van der Waals surface area contributed by atoms with Crippen LogP contribution in [0.4, 0.5) is 17.1 Å². The van der Waals surface area contributed by atoms with Crippen LogP contribution in [-0.2, 0) is 0 Å². The zero-order valence-electron chi connectivity index (χ0n) is 34.1. The molecule has 0 saturated heterocycles. The Morgan fingerprint density at radius 3 is 1.70 bits per heavy atom. The summed E-state index contributed by atoms with van der Waals surface area (Å²) in [4.78, 5) is 2.46. The highest BCUT2D eigenvalue weighted by atomic mass is 32.1. The quantitative estimate of drug-likeness (QED) is 0.151. The molecule has 0 N–H and O–H groups in total. The number of fused-ring (bicyclic) bond motifs is 10. The maximum atomic E-state index is 2.46. The molecule has 1 nitrogen and oxygen atoms in total. The van der Waals surface area contributed by atoms with Gasteiger partial charge in [-0.15, -0.1) is 22.7 Å². The number of nitrogens with zero attached hydrogens (tertiary/aromatic N) is 1. The Kier molecular flexibility index (Phi) is 8.33. The smallest absolute Gasteiger partial charge is 0.0640 e. The molecule has 3 heteroatoms. The molecule has 0 aliphatic rings. The van der Waals surface area contributed by atoms with Crippen molar-refractivity contribution < 1.29 is 0 Å². The van der Waals surface area contributed by atoms with Gasteiger partial charge in [0.2, 0.25) is 0 Å². The van der Waals surface area contributed by atoms with Crippen LogP contribution in [0.3, 0.4) is 0 Å². The Bertz CT molecular complexity index is 3910. The van der Waals surface area contributed by atoms with Crippen LogP contribution in [0.2, 0.25) is 0 Å². The van der Waals surface area contributed by atoms with E-state index in [-0.39, 0.29) is 0 Å². The number of benzene rings is 11. The van der Waals surface area contributed by atoms with E-state index in [1.807, 2.05) is 22.7 Å². The lowest BCUT2D eigenvalue weighted by atomic mass is 9.96. The lowest BCUT2D eigenvalue weighted by Gasteiger charge is -2.27. The normalized spacial score (nSPS) is 11.8. The van der Waals surface area contributed by atoms with Crippen molar-refractivity contribution in [1.82, 2.24) is 0 Å². The van der Waals surface area contributed by atoms with Gasteiger partial charge in [0.25, 0.3) is 0 Å². The maximum Gasteiger partial charge on any atom is 0.0640 e. The lowest BCUT2D eigenvalue weighted by Crippen LogP contribution is -2.10. The second-order valence-electron chi connectivity index (χ2n) is 16.4. The molecule has 63 heavy (non-hydrogen) atoms. The van der Waals surface area contributed by atoms with Crippen molar-refractivity contribution >= 4 is 112 Å². The van der Waals surface area contributed by atoms with E-state index < -0.39 is 0 Å². The molecule has 13 rings (SSSR count). The topological polar surface area (TPSA) is 3.24 Å². The first-order chi connectivity index (χ1) is 31.2. The van der Waals surface area contributed by atoms with Crippen molar-refractivity contribution in [2.75, 3.05) is 4.90 Å². The van der Waals surface area contributed by atoms with Crippen molar-refractivity contribution in [3.8, 4) is 33.4 Å². The number of hydrogen-bond acceptors (Lipinski definition) is 3. The molecule has 0 unspecified atom stereocenters. The van der Waals surface area contributed by atoms with E-state index in [0.717, 1.165) is 11.4 Å². The minimum absolute atomic E-state index is 1.12. The first kappa shape index (κ1) is 36.1. The number of rotatable bonds is 6. The van der Waals surface area contributed by atoms with Crippen LogP contribution in [0.1, 0.15) is 0 Å². The van der Waals surface area contributed by atoms with E-state index in [0.29, 0.717) is 0 Å². The molecule has 13 aromatic rings. The van der Waals surface area contributed by atoms with Gasteiger partial charge in [-0.05, 0) is 114 Å². The Morgan fingerprint density at radius 1 is 0.270 bits per heavy atom. The van der Waals surface area contributed by atoms with Crippen LogP contribution < -0.4 is 4.90 Å². The zero-order chi connectivity index (χ0) is 41.4. The van der Waals surface area contributed by atoms with Crippen molar-refractivity contribution in [1.29, 1.82) is 0 Å². The fraction of sp³-hybridized carbons (Fsp3) is 0. The summed E-state index contributed by atoms with van der Waals surface area (Å²) in [5, 5.41) is 12.7. The number of thiophene rings is 2. The highest BCUT2D eigenvalue weighted by Gasteiger charge is 2.20. The SMILES string of the molecule is c1ccc(-c2cccc3c2sc2c(N(c4ccc(-c5cccc6ccccc56)cc4)c4ccc5c(ccc6cc(-c7ccc8c(c7)sc7ccccc78)ccc65)c4)cccc23)cc1. The van der Waals surface area contributed by atoms with E-state index >= 15 is 0 Å². The minimum atomic E-state index is 1.12. The summed E-state index contributed by atoms with van der Waals surface area (Å²) in [7, 11) is 0. The molecule has 0 amide bonds. The molecule has 11 aromatic carbocycles. The highest BCUT2D eigenvalue weighted by Crippen LogP contribution is 2.48. The van der Waals surface area contributed by atoms with Gasteiger partial charge in [-0.3, -0.25) is 0 Å². The third-order valence-electron chi connectivity index (χ3n) is 12.8. The average Bonchev–Trinajstić information content (AvgIpc) is 3.93. The summed E-state index contributed by atoms with van der Waals surface area (Å²) >= 11 is 3.77. The van der Waals surface area contributed by atoms with Gasteiger partial charge < -0.3 is 4.90 Å². The van der Waals surface area contributed by atoms with E-state index in [2.05, 4.69) is 229 Å². The van der Waals surface area contributed by atoms with Gasteiger partial charge in [0.05, 0.1) is 10.4 Å². The van der Waals surface area contributed by atoms with Crippen molar-refractivity contribution in [2.24, 2.45) is 0 Å². The molecule has 0 radical (unpaired) electrons. The predicted molar refractivity (Wildman–Crippen MR) is 276 cm³/mol. The third kappa shape index (κ3) is 5.96. The van der Waals surface area contributed by atoms with Gasteiger partial charge in [0.15, 0.2) is 0 Å². The van der Waals surface area contributed by atoms with Crippen LogP contribution in [0.25, 0.3) is 106 Å². The van der Waals surface area contributed by atoms with Crippen molar-refractivity contribution in [3.05, 3.63) is 224 Å². The van der Waals surface area contributed by atoms with Gasteiger partial charge in [-0.1, -0.05) is 176 Å². The predicted octanol–water partition coefficient (Wildman–Crippen LogP) is 18.4. The Labute approximate surface area is 373 Å². The van der Waals surface area contributed by atoms with Crippen LogP contribution >= 0.6 is 22.7 Å². The Balaban J connectivity index is 0.951. The number of anilines is 3. The van der Waals surface area contributed by atoms with Crippen LogP contribution in [0.15, 0.2) is 224 Å². The van der Waals surface area contributed by atoms with E-state index in [4.69, 9.17) is 0 Å². The van der Waals surface area contributed by atoms with Crippen molar-refractivity contribution in [3.63, 3.8) is 0 Å². The Hall–Kier alpha value is -7.56. The first-order valence-electron chi connectivity index (χ1n) is 21.5. The molecule has 0 bridgehead atoms. The summed E-state index contributed by atoms with van der Waals surface area (Å²) in [5.74, 6) is 0. The molecular formula is C60H37NS2. The third-order valence-corrected chi connectivity index (χ3v) is 15.3. The zero-order valence-corrected chi connectivity index (χ0v) is 35.8. The second kappa shape index (κ2) is 14.5. The average molecular weight is 836 g/mol. The van der Waals surface area contributed by atoms with Crippen LogP contribution in [0, 0.1) is 0 Å². The van der Waals surface area contributed by atoms with Gasteiger partial charge in [0, 0.05) is 47.0 Å². The molecule has 2 aromatic heterocycles. The van der Waals surface area contributed by atoms with Gasteiger partial charge in [0.1, 0.15) is 0 Å². The first-order valence-corrected chi connectivity index (χ1v) is 23.1. The minimum Gasteiger partial charge on any atom is -0.309 e. The van der Waals surface area contributed by atoms with Gasteiger partial charge >= 0.3 is 0 Å². The summed E-state index contributed by atoms with van der Waals surface area (Å²) in [5.41, 5.74) is 10.9. The maximum absolute atomic E-state index is 2.46. The molecule has 294 valence electrons. The monoisotopic (exact) mass is 835 g/mol. The van der Waals surface area contributed by atoms with Crippen LogP contribution in [0.5, 0.6) is 0 Å². The highest BCUT2D eigenvalue weighted by molar-refractivity contribution is 7.27. The number of hydrogen-bond donors (Lipinski definition) is 0. The fourth-order valence-corrected chi connectivity index (χ4v) is 12.3.